The maximum atomic E-state index is 13.9. The molecule has 39 heavy (non-hydrogen) atoms. The summed E-state index contributed by atoms with van der Waals surface area (Å²) < 4.78 is 24.1. The van der Waals surface area contributed by atoms with E-state index in [4.69, 9.17) is 42.1 Å². The fraction of sp³-hybridized carbons (Fsp3) is 0.321. The summed E-state index contributed by atoms with van der Waals surface area (Å²) in [5, 5.41) is 0.898. The molecule has 1 aliphatic heterocycles. The molecule has 0 bridgehead atoms. The highest BCUT2D eigenvalue weighted by molar-refractivity contribution is 7.07. The smallest absolute Gasteiger partial charge is 0.338 e. The number of thiazole rings is 1. The van der Waals surface area contributed by atoms with E-state index in [1.165, 1.54) is 23.0 Å². The van der Waals surface area contributed by atoms with E-state index >= 15 is 0 Å². The number of halogens is 2. The lowest BCUT2D eigenvalue weighted by molar-refractivity contribution is -0.140. The SMILES string of the molecule is CCCOc1c(OC)cccc1[C@H]1C(C(=O)OCCOC)=C(C)N=c2s/c(=C/c3ccc(Cl)cc3Cl)c(=O)n21. The molecule has 206 valence electrons. The minimum Gasteiger partial charge on any atom is -0.493 e. The number of rotatable bonds is 10. The number of hydrogen-bond donors (Lipinski definition) is 0. The van der Waals surface area contributed by atoms with Crippen LogP contribution in [0.15, 0.2) is 57.5 Å². The average Bonchev–Trinajstić information content (AvgIpc) is 3.22. The first-order chi connectivity index (χ1) is 18.8. The Morgan fingerprint density at radius 2 is 1.95 bits per heavy atom. The number of allylic oxidation sites excluding steroid dienone is 1. The molecule has 1 atom stereocenters. The second-order valence-electron chi connectivity index (χ2n) is 8.60. The van der Waals surface area contributed by atoms with Crippen molar-refractivity contribution in [3.8, 4) is 11.5 Å². The van der Waals surface area contributed by atoms with Gasteiger partial charge in [-0.25, -0.2) is 9.79 Å². The Morgan fingerprint density at radius 1 is 1.15 bits per heavy atom. The maximum Gasteiger partial charge on any atom is 0.338 e. The Hall–Kier alpha value is -3.11. The second kappa shape index (κ2) is 12.8. The van der Waals surface area contributed by atoms with E-state index in [9.17, 15) is 9.59 Å². The monoisotopic (exact) mass is 590 g/mol. The molecule has 0 aliphatic carbocycles. The van der Waals surface area contributed by atoms with Gasteiger partial charge < -0.3 is 18.9 Å². The van der Waals surface area contributed by atoms with Gasteiger partial charge in [0, 0.05) is 22.7 Å². The number of ether oxygens (including phenoxy) is 4. The molecule has 0 unspecified atom stereocenters. The van der Waals surface area contributed by atoms with Crippen molar-refractivity contribution < 1.29 is 23.7 Å². The Labute approximate surface area is 239 Å². The van der Waals surface area contributed by atoms with Gasteiger partial charge in [0.25, 0.3) is 5.56 Å². The van der Waals surface area contributed by atoms with Crippen molar-refractivity contribution >= 4 is 46.6 Å². The van der Waals surface area contributed by atoms with E-state index in [-0.39, 0.29) is 24.3 Å². The number of fused-ring (bicyclic) bond motifs is 1. The van der Waals surface area contributed by atoms with E-state index in [0.29, 0.717) is 54.3 Å². The number of nitrogens with zero attached hydrogens (tertiary/aromatic N) is 2. The standard InChI is InChI=1S/C28H28Cl2N2O6S/c1-5-11-37-25-19(7-6-8-21(25)36-4)24-23(27(34)38-13-12-35-3)16(2)31-28-32(24)26(33)22(39-28)14-17-9-10-18(29)15-20(17)30/h6-10,14-15,24H,5,11-13H2,1-4H3/b22-14+/t24-/m0/s1. The Morgan fingerprint density at radius 3 is 2.64 bits per heavy atom. The molecule has 4 rings (SSSR count). The van der Waals surface area contributed by atoms with Crippen molar-refractivity contribution in [3.63, 3.8) is 0 Å². The minimum absolute atomic E-state index is 0.0512. The number of para-hydroxylation sites is 1. The van der Waals surface area contributed by atoms with Gasteiger partial charge >= 0.3 is 5.97 Å². The van der Waals surface area contributed by atoms with Crippen LogP contribution in [0.3, 0.4) is 0 Å². The summed E-state index contributed by atoms with van der Waals surface area (Å²) >= 11 is 13.6. The lowest BCUT2D eigenvalue weighted by Gasteiger charge is -2.27. The maximum absolute atomic E-state index is 13.9. The van der Waals surface area contributed by atoms with Gasteiger partial charge in [0.15, 0.2) is 16.3 Å². The van der Waals surface area contributed by atoms with Crippen molar-refractivity contribution in [1.29, 1.82) is 0 Å². The van der Waals surface area contributed by atoms with Crippen LogP contribution in [0.5, 0.6) is 11.5 Å². The molecule has 2 heterocycles. The first kappa shape index (κ1) is 28.9. The molecule has 0 fully saturated rings. The molecule has 0 N–H and O–H groups in total. The van der Waals surface area contributed by atoms with Crippen LogP contribution in [0.25, 0.3) is 6.08 Å². The van der Waals surface area contributed by atoms with Gasteiger partial charge in [-0.3, -0.25) is 9.36 Å². The molecule has 1 aromatic heterocycles. The average molecular weight is 592 g/mol. The largest absolute Gasteiger partial charge is 0.493 e. The summed E-state index contributed by atoms with van der Waals surface area (Å²) in [7, 11) is 3.06. The third-order valence-electron chi connectivity index (χ3n) is 5.99. The summed E-state index contributed by atoms with van der Waals surface area (Å²) in [5.74, 6) is 0.328. The number of hydrogen-bond acceptors (Lipinski definition) is 8. The van der Waals surface area contributed by atoms with E-state index in [1.54, 1.807) is 50.4 Å². The van der Waals surface area contributed by atoms with Gasteiger partial charge in [-0.2, -0.15) is 0 Å². The first-order valence-corrected chi connectivity index (χ1v) is 13.8. The predicted molar refractivity (Wildman–Crippen MR) is 152 cm³/mol. The number of carbonyl (C=O) groups is 1. The van der Waals surface area contributed by atoms with Gasteiger partial charge in [0.2, 0.25) is 0 Å². The number of aromatic nitrogens is 1. The molecule has 0 spiro atoms. The zero-order chi connectivity index (χ0) is 28.1. The van der Waals surface area contributed by atoms with Crippen LogP contribution in [-0.4, -0.2) is 44.6 Å². The molecule has 0 radical (unpaired) electrons. The predicted octanol–water partition coefficient (Wildman–Crippen LogP) is 4.53. The minimum atomic E-state index is -0.874. The summed E-state index contributed by atoms with van der Waals surface area (Å²) in [5.41, 5.74) is 1.53. The van der Waals surface area contributed by atoms with Crippen LogP contribution < -0.4 is 24.4 Å². The Kier molecular flexibility index (Phi) is 9.50. The Balaban J connectivity index is 1.97. The molecule has 8 nitrogen and oxygen atoms in total. The zero-order valence-electron chi connectivity index (χ0n) is 22.0. The number of benzene rings is 2. The van der Waals surface area contributed by atoms with Crippen LogP contribution in [0.1, 0.15) is 37.4 Å². The van der Waals surface area contributed by atoms with E-state index < -0.39 is 12.0 Å². The van der Waals surface area contributed by atoms with Crippen LogP contribution in [0.2, 0.25) is 10.0 Å². The molecular formula is C28H28Cl2N2O6S. The normalized spacial score (nSPS) is 15.1. The third-order valence-corrected chi connectivity index (χ3v) is 7.53. The molecule has 0 amide bonds. The van der Waals surface area contributed by atoms with Crippen molar-refractivity contribution in [3.05, 3.63) is 88.5 Å². The third kappa shape index (κ3) is 6.06. The molecule has 0 saturated carbocycles. The van der Waals surface area contributed by atoms with Gasteiger partial charge in [0.1, 0.15) is 12.6 Å². The number of methoxy groups -OCH3 is 2. The molecule has 3 aromatic rings. The van der Waals surface area contributed by atoms with Gasteiger partial charge in [-0.05, 0) is 43.2 Å². The highest BCUT2D eigenvalue weighted by Crippen LogP contribution is 2.41. The fourth-order valence-corrected chi connectivity index (χ4v) is 5.70. The summed E-state index contributed by atoms with van der Waals surface area (Å²) in [4.78, 5) is 32.4. The van der Waals surface area contributed by atoms with Crippen LogP contribution >= 0.6 is 34.5 Å². The molecule has 0 saturated heterocycles. The fourth-order valence-electron chi connectivity index (χ4n) is 4.20. The highest BCUT2D eigenvalue weighted by Gasteiger charge is 2.36. The number of esters is 1. The lowest BCUT2D eigenvalue weighted by Crippen LogP contribution is -2.40. The summed E-state index contributed by atoms with van der Waals surface area (Å²) in [6, 6.07) is 9.55. The quantitative estimate of drug-likeness (QED) is 0.255. The topological polar surface area (TPSA) is 88.4 Å². The van der Waals surface area contributed by atoms with Crippen LogP contribution in [0, 0.1) is 0 Å². The van der Waals surface area contributed by atoms with Crippen LogP contribution in [-0.2, 0) is 14.3 Å². The lowest BCUT2D eigenvalue weighted by atomic mass is 9.94. The molecule has 2 aromatic carbocycles. The number of carbonyl (C=O) groups excluding carboxylic acids is 1. The van der Waals surface area contributed by atoms with E-state index in [0.717, 1.165) is 6.42 Å². The van der Waals surface area contributed by atoms with Gasteiger partial charge in [0.05, 0.1) is 36.1 Å². The highest BCUT2D eigenvalue weighted by atomic mass is 35.5. The van der Waals surface area contributed by atoms with Crippen LogP contribution in [0.4, 0.5) is 0 Å². The van der Waals surface area contributed by atoms with Crippen molar-refractivity contribution in [2.75, 3.05) is 34.0 Å². The second-order valence-corrected chi connectivity index (χ2v) is 10.5. The van der Waals surface area contributed by atoms with Gasteiger partial charge in [-0.1, -0.05) is 59.7 Å². The summed E-state index contributed by atoms with van der Waals surface area (Å²) in [6.45, 7) is 4.41. The molecular weight excluding hydrogens is 563 g/mol. The Bertz CT molecular complexity index is 1590. The van der Waals surface area contributed by atoms with Crippen molar-refractivity contribution in [2.45, 2.75) is 26.3 Å². The zero-order valence-corrected chi connectivity index (χ0v) is 24.3. The summed E-state index contributed by atoms with van der Waals surface area (Å²) in [6.07, 6.45) is 2.44. The molecule has 1 aliphatic rings. The van der Waals surface area contributed by atoms with Crippen molar-refractivity contribution in [2.24, 2.45) is 4.99 Å². The van der Waals surface area contributed by atoms with Crippen molar-refractivity contribution in [1.82, 2.24) is 4.57 Å². The first-order valence-electron chi connectivity index (χ1n) is 12.2. The van der Waals surface area contributed by atoms with E-state index in [1.807, 2.05) is 13.0 Å². The van der Waals surface area contributed by atoms with E-state index in [2.05, 4.69) is 4.99 Å². The van der Waals surface area contributed by atoms with Gasteiger partial charge in [-0.15, -0.1) is 0 Å². The molecule has 11 heteroatoms.